The third kappa shape index (κ3) is 2.23. The van der Waals surface area contributed by atoms with Crippen LogP contribution in [0.15, 0.2) is 6.33 Å². The molecule has 68 valence electrons. The highest BCUT2D eigenvalue weighted by Crippen LogP contribution is 2.06. The van der Waals surface area contributed by atoms with Gasteiger partial charge in [-0.25, -0.2) is 14.4 Å². The quantitative estimate of drug-likeness (QED) is 0.638. The minimum absolute atomic E-state index is 0.123. The third-order valence-electron chi connectivity index (χ3n) is 1.51. The molecule has 1 heterocycles. The molecule has 13 heavy (non-hydrogen) atoms. The monoisotopic (exact) mass is 179 g/mol. The average Bonchev–Trinajstić information content (AvgIpc) is 2.16. The zero-order chi connectivity index (χ0) is 9.68. The molecule has 4 heteroatoms. The summed E-state index contributed by atoms with van der Waals surface area (Å²) < 4.78 is 13.3. The molecule has 0 saturated carbocycles. The minimum atomic E-state index is -0.439. The second kappa shape index (κ2) is 4.53. The van der Waals surface area contributed by atoms with E-state index in [-0.39, 0.29) is 12.2 Å². The Kier molecular flexibility index (Phi) is 3.35. The van der Waals surface area contributed by atoms with Crippen LogP contribution < -0.4 is 5.73 Å². The highest BCUT2D eigenvalue weighted by atomic mass is 19.1. The lowest BCUT2D eigenvalue weighted by molar-refractivity contribution is 0.589. The number of aryl methyl sites for hydroxylation is 1. The van der Waals surface area contributed by atoms with Crippen LogP contribution in [0.3, 0.4) is 0 Å². The Labute approximate surface area is 76.2 Å². The second-order valence-electron chi connectivity index (χ2n) is 2.34. The van der Waals surface area contributed by atoms with Gasteiger partial charge < -0.3 is 5.73 Å². The van der Waals surface area contributed by atoms with E-state index in [0.717, 1.165) is 0 Å². The van der Waals surface area contributed by atoms with Crippen molar-refractivity contribution in [3.05, 3.63) is 23.5 Å². The van der Waals surface area contributed by atoms with Crippen molar-refractivity contribution in [3.8, 4) is 11.8 Å². The van der Waals surface area contributed by atoms with Crippen LogP contribution >= 0.6 is 0 Å². The standard InChI is InChI=1S/C9H10FN3/c1-2-7-9(10)8(4-3-5-11)13-6-12-7/h6H,2,5,11H2,1H3. The number of nitrogens with zero attached hydrogens (tertiary/aromatic N) is 2. The summed E-state index contributed by atoms with van der Waals surface area (Å²) in [7, 11) is 0. The van der Waals surface area contributed by atoms with E-state index in [1.54, 1.807) is 0 Å². The topological polar surface area (TPSA) is 51.8 Å². The van der Waals surface area contributed by atoms with E-state index in [9.17, 15) is 4.39 Å². The van der Waals surface area contributed by atoms with Gasteiger partial charge in [0.05, 0.1) is 12.2 Å². The molecule has 0 atom stereocenters. The Balaban J connectivity index is 3.08. The molecular formula is C9H10FN3. The maximum absolute atomic E-state index is 13.3. The van der Waals surface area contributed by atoms with Gasteiger partial charge in [0, 0.05) is 0 Å². The molecular weight excluding hydrogens is 169 g/mol. The van der Waals surface area contributed by atoms with E-state index in [2.05, 4.69) is 21.8 Å². The molecule has 0 spiro atoms. The SMILES string of the molecule is CCc1ncnc(C#CCN)c1F. The van der Waals surface area contributed by atoms with Crippen molar-refractivity contribution in [1.29, 1.82) is 0 Å². The summed E-state index contributed by atoms with van der Waals surface area (Å²) in [6, 6.07) is 0. The Bertz CT molecular complexity index is 352. The first-order chi connectivity index (χ1) is 6.29. The zero-order valence-electron chi connectivity index (χ0n) is 7.34. The highest BCUT2D eigenvalue weighted by molar-refractivity contribution is 5.30. The molecule has 0 aliphatic carbocycles. The molecule has 0 saturated heterocycles. The van der Waals surface area contributed by atoms with Gasteiger partial charge in [0.2, 0.25) is 0 Å². The first-order valence-corrected chi connectivity index (χ1v) is 3.98. The van der Waals surface area contributed by atoms with Crippen LogP contribution in [0.4, 0.5) is 4.39 Å². The smallest absolute Gasteiger partial charge is 0.178 e. The lowest BCUT2D eigenvalue weighted by Crippen LogP contribution is -2.00. The van der Waals surface area contributed by atoms with Gasteiger partial charge in [-0.05, 0) is 12.3 Å². The lowest BCUT2D eigenvalue weighted by atomic mass is 10.2. The maximum atomic E-state index is 13.3. The van der Waals surface area contributed by atoms with Crippen LogP contribution in [0.1, 0.15) is 18.3 Å². The van der Waals surface area contributed by atoms with Crippen LogP contribution in [0.2, 0.25) is 0 Å². The first-order valence-electron chi connectivity index (χ1n) is 3.98. The molecule has 0 aromatic carbocycles. The summed E-state index contributed by atoms with van der Waals surface area (Å²) in [6.07, 6.45) is 1.84. The average molecular weight is 179 g/mol. The first kappa shape index (κ1) is 9.62. The summed E-state index contributed by atoms with van der Waals surface area (Å²) in [5.74, 6) is 4.65. The fourth-order valence-electron chi connectivity index (χ4n) is 0.875. The van der Waals surface area contributed by atoms with Crippen LogP contribution in [0, 0.1) is 17.7 Å². The number of hydrogen-bond donors (Lipinski definition) is 1. The number of rotatable bonds is 1. The summed E-state index contributed by atoms with van der Waals surface area (Å²) >= 11 is 0. The lowest BCUT2D eigenvalue weighted by Gasteiger charge is -1.98. The molecule has 3 nitrogen and oxygen atoms in total. The van der Waals surface area contributed by atoms with Crippen LogP contribution in [0.25, 0.3) is 0 Å². The van der Waals surface area contributed by atoms with Crippen molar-refractivity contribution in [3.63, 3.8) is 0 Å². The predicted octanol–water partition coefficient (Wildman–Crippen LogP) is 0.488. The molecule has 0 unspecified atom stereocenters. The van der Waals surface area contributed by atoms with Gasteiger partial charge in [-0.2, -0.15) is 0 Å². The molecule has 0 fully saturated rings. The van der Waals surface area contributed by atoms with Crippen molar-refractivity contribution in [1.82, 2.24) is 9.97 Å². The van der Waals surface area contributed by atoms with E-state index < -0.39 is 5.82 Å². The largest absolute Gasteiger partial charge is 0.320 e. The molecule has 1 aromatic rings. The van der Waals surface area contributed by atoms with Gasteiger partial charge in [0.25, 0.3) is 0 Å². The zero-order valence-corrected chi connectivity index (χ0v) is 7.34. The Morgan fingerprint density at radius 2 is 2.31 bits per heavy atom. The van der Waals surface area contributed by atoms with E-state index in [0.29, 0.717) is 12.1 Å². The molecule has 0 aliphatic rings. The molecule has 0 radical (unpaired) electrons. The Morgan fingerprint density at radius 1 is 1.54 bits per heavy atom. The molecule has 1 rings (SSSR count). The fourth-order valence-corrected chi connectivity index (χ4v) is 0.875. The predicted molar refractivity (Wildman–Crippen MR) is 47.3 cm³/mol. The van der Waals surface area contributed by atoms with Crippen molar-refractivity contribution in [2.24, 2.45) is 5.73 Å². The Hall–Kier alpha value is -1.47. The third-order valence-corrected chi connectivity index (χ3v) is 1.51. The van der Waals surface area contributed by atoms with Gasteiger partial charge in [0.15, 0.2) is 11.5 Å². The summed E-state index contributed by atoms with van der Waals surface area (Å²) in [5, 5.41) is 0. The number of aromatic nitrogens is 2. The van der Waals surface area contributed by atoms with Gasteiger partial charge in [-0.15, -0.1) is 0 Å². The number of nitrogens with two attached hydrogens (primary N) is 1. The summed E-state index contributed by atoms with van der Waals surface area (Å²) in [5.41, 5.74) is 5.67. The van der Waals surface area contributed by atoms with E-state index in [4.69, 9.17) is 5.73 Å². The molecule has 0 bridgehead atoms. The highest BCUT2D eigenvalue weighted by Gasteiger charge is 2.06. The normalized spacial score (nSPS) is 9.15. The number of hydrogen-bond acceptors (Lipinski definition) is 3. The van der Waals surface area contributed by atoms with Gasteiger partial charge in [-0.3, -0.25) is 0 Å². The van der Waals surface area contributed by atoms with E-state index >= 15 is 0 Å². The van der Waals surface area contributed by atoms with Crippen LogP contribution in [-0.2, 0) is 6.42 Å². The molecule has 1 aromatic heterocycles. The van der Waals surface area contributed by atoms with Crippen molar-refractivity contribution >= 4 is 0 Å². The van der Waals surface area contributed by atoms with Crippen molar-refractivity contribution in [2.75, 3.05) is 6.54 Å². The Morgan fingerprint density at radius 3 is 2.92 bits per heavy atom. The molecule has 2 N–H and O–H groups in total. The van der Waals surface area contributed by atoms with Crippen LogP contribution in [0.5, 0.6) is 0 Å². The van der Waals surface area contributed by atoms with Crippen molar-refractivity contribution in [2.45, 2.75) is 13.3 Å². The minimum Gasteiger partial charge on any atom is -0.320 e. The number of halogens is 1. The van der Waals surface area contributed by atoms with E-state index in [1.165, 1.54) is 6.33 Å². The second-order valence-corrected chi connectivity index (χ2v) is 2.34. The summed E-state index contributed by atoms with van der Waals surface area (Å²) in [6.45, 7) is 2.02. The maximum Gasteiger partial charge on any atom is 0.178 e. The molecule has 0 amide bonds. The van der Waals surface area contributed by atoms with E-state index in [1.807, 2.05) is 6.92 Å². The van der Waals surface area contributed by atoms with Gasteiger partial charge >= 0.3 is 0 Å². The molecule has 0 aliphatic heterocycles. The van der Waals surface area contributed by atoms with Crippen molar-refractivity contribution < 1.29 is 4.39 Å². The van der Waals surface area contributed by atoms with Crippen LogP contribution in [-0.4, -0.2) is 16.5 Å². The fraction of sp³-hybridized carbons (Fsp3) is 0.333. The van der Waals surface area contributed by atoms with Gasteiger partial charge in [0.1, 0.15) is 6.33 Å². The van der Waals surface area contributed by atoms with Gasteiger partial charge in [-0.1, -0.05) is 12.8 Å². The summed E-state index contributed by atoms with van der Waals surface area (Å²) in [4.78, 5) is 7.49.